The van der Waals surface area contributed by atoms with Gasteiger partial charge in [0, 0.05) is 50.4 Å². The van der Waals surface area contributed by atoms with Gasteiger partial charge in [-0.2, -0.15) is 0 Å². The van der Waals surface area contributed by atoms with Gasteiger partial charge in [-0.25, -0.2) is 0 Å². The largest absolute Gasteiger partial charge is 0.494 e. The summed E-state index contributed by atoms with van der Waals surface area (Å²) in [4.78, 5) is 4.87. The molecule has 2 aliphatic rings. The SMILES string of the molecule is CCOc1ccccc1CN1CCOc2ccc(CN3CCC(O)CC3)cc2C1. The minimum atomic E-state index is -0.125. The molecule has 0 atom stereocenters. The van der Waals surface area contributed by atoms with Crippen molar-refractivity contribution in [3.8, 4) is 11.5 Å². The molecule has 2 aromatic rings. The minimum absolute atomic E-state index is 0.125. The fourth-order valence-corrected chi connectivity index (χ4v) is 4.24. The second kappa shape index (κ2) is 9.61. The van der Waals surface area contributed by atoms with Crippen molar-refractivity contribution in [2.45, 2.75) is 45.5 Å². The topological polar surface area (TPSA) is 45.2 Å². The molecule has 0 radical (unpaired) electrons. The molecule has 4 rings (SSSR count). The van der Waals surface area contributed by atoms with Crippen LogP contribution >= 0.6 is 0 Å². The van der Waals surface area contributed by atoms with Gasteiger partial charge in [-0.05, 0) is 43.5 Å². The van der Waals surface area contributed by atoms with Crippen LogP contribution in [0.4, 0.5) is 0 Å². The number of benzene rings is 2. The fourth-order valence-electron chi connectivity index (χ4n) is 4.24. The van der Waals surface area contributed by atoms with Crippen molar-refractivity contribution < 1.29 is 14.6 Å². The van der Waals surface area contributed by atoms with Crippen LogP contribution in [0.5, 0.6) is 11.5 Å². The lowest BCUT2D eigenvalue weighted by atomic mass is 10.0. The van der Waals surface area contributed by atoms with E-state index in [-0.39, 0.29) is 6.10 Å². The monoisotopic (exact) mass is 396 g/mol. The Morgan fingerprint density at radius 2 is 1.86 bits per heavy atom. The Morgan fingerprint density at radius 3 is 2.69 bits per heavy atom. The van der Waals surface area contributed by atoms with E-state index in [1.165, 1.54) is 16.7 Å². The molecule has 2 aromatic carbocycles. The number of rotatable bonds is 6. The van der Waals surface area contributed by atoms with Gasteiger partial charge in [0.1, 0.15) is 18.1 Å². The summed E-state index contributed by atoms with van der Waals surface area (Å²) in [5.41, 5.74) is 3.80. The predicted molar refractivity (Wildman–Crippen MR) is 114 cm³/mol. The van der Waals surface area contributed by atoms with E-state index in [2.05, 4.69) is 46.2 Å². The highest BCUT2D eigenvalue weighted by atomic mass is 16.5. The maximum atomic E-state index is 9.73. The van der Waals surface area contributed by atoms with Crippen molar-refractivity contribution in [2.75, 3.05) is 32.8 Å². The average molecular weight is 397 g/mol. The number of fused-ring (bicyclic) bond motifs is 1. The van der Waals surface area contributed by atoms with Crippen LogP contribution in [0.1, 0.15) is 36.5 Å². The number of aliphatic hydroxyl groups is 1. The summed E-state index contributed by atoms with van der Waals surface area (Å²) in [5.74, 6) is 1.98. The number of aliphatic hydroxyl groups excluding tert-OH is 1. The van der Waals surface area contributed by atoms with Crippen LogP contribution in [-0.4, -0.2) is 53.9 Å². The third-order valence-corrected chi connectivity index (χ3v) is 5.81. The van der Waals surface area contributed by atoms with E-state index >= 15 is 0 Å². The van der Waals surface area contributed by atoms with Crippen molar-refractivity contribution in [1.29, 1.82) is 0 Å². The van der Waals surface area contributed by atoms with E-state index in [4.69, 9.17) is 9.47 Å². The molecule has 2 aliphatic heterocycles. The molecule has 0 aliphatic carbocycles. The highest BCUT2D eigenvalue weighted by molar-refractivity contribution is 5.38. The molecule has 29 heavy (non-hydrogen) atoms. The van der Waals surface area contributed by atoms with Crippen LogP contribution in [0.2, 0.25) is 0 Å². The zero-order valence-electron chi connectivity index (χ0n) is 17.3. The van der Waals surface area contributed by atoms with E-state index in [0.29, 0.717) is 13.2 Å². The Labute approximate surface area is 173 Å². The summed E-state index contributed by atoms with van der Waals surface area (Å²) >= 11 is 0. The quantitative estimate of drug-likeness (QED) is 0.810. The van der Waals surface area contributed by atoms with Crippen LogP contribution in [-0.2, 0) is 19.6 Å². The summed E-state index contributed by atoms with van der Waals surface area (Å²) in [6.45, 7) is 8.91. The van der Waals surface area contributed by atoms with Gasteiger partial charge in [-0.3, -0.25) is 9.80 Å². The summed E-state index contributed by atoms with van der Waals surface area (Å²) < 4.78 is 11.8. The Kier molecular flexibility index (Phi) is 6.70. The third-order valence-electron chi connectivity index (χ3n) is 5.81. The first kappa shape index (κ1) is 20.2. The van der Waals surface area contributed by atoms with Crippen LogP contribution in [0.15, 0.2) is 42.5 Å². The van der Waals surface area contributed by atoms with E-state index < -0.39 is 0 Å². The van der Waals surface area contributed by atoms with E-state index in [9.17, 15) is 5.11 Å². The number of piperidine rings is 1. The lowest BCUT2D eigenvalue weighted by molar-refractivity contribution is 0.0792. The van der Waals surface area contributed by atoms with Gasteiger partial charge in [0.15, 0.2) is 0 Å². The van der Waals surface area contributed by atoms with Crippen molar-refractivity contribution in [2.24, 2.45) is 0 Å². The smallest absolute Gasteiger partial charge is 0.123 e. The highest BCUT2D eigenvalue weighted by Gasteiger charge is 2.20. The first-order valence-corrected chi connectivity index (χ1v) is 10.8. The maximum absolute atomic E-state index is 9.73. The molecule has 1 fully saturated rings. The van der Waals surface area contributed by atoms with Crippen LogP contribution in [0, 0.1) is 0 Å². The van der Waals surface area contributed by atoms with Crippen molar-refractivity contribution in [3.05, 3.63) is 59.2 Å². The molecular weight excluding hydrogens is 364 g/mol. The first-order valence-electron chi connectivity index (χ1n) is 10.8. The van der Waals surface area contributed by atoms with Gasteiger partial charge in [-0.15, -0.1) is 0 Å². The van der Waals surface area contributed by atoms with Gasteiger partial charge < -0.3 is 14.6 Å². The third kappa shape index (κ3) is 5.30. The molecule has 0 bridgehead atoms. The molecule has 0 saturated carbocycles. The van der Waals surface area contributed by atoms with Crippen LogP contribution in [0.25, 0.3) is 0 Å². The molecule has 5 heteroatoms. The fraction of sp³-hybridized carbons (Fsp3) is 0.500. The molecule has 1 saturated heterocycles. The number of likely N-dealkylation sites (tertiary alicyclic amines) is 1. The van der Waals surface area contributed by atoms with Crippen molar-refractivity contribution in [3.63, 3.8) is 0 Å². The van der Waals surface area contributed by atoms with Crippen LogP contribution < -0.4 is 9.47 Å². The highest BCUT2D eigenvalue weighted by Crippen LogP contribution is 2.28. The van der Waals surface area contributed by atoms with E-state index in [0.717, 1.165) is 63.6 Å². The minimum Gasteiger partial charge on any atom is -0.494 e. The van der Waals surface area contributed by atoms with Gasteiger partial charge >= 0.3 is 0 Å². The predicted octanol–water partition coefficient (Wildman–Crippen LogP) is 3.44. The number of hydrogen-bond acceptors (Lipinski definition) is 5. The Bertz CT molecular complexity index is 802. The zero-order valence-corrected chi connectivity index (χ0v) is 17.3. The van der Waals surface area contributed by atoms with Gasteiger partial charge in [0.2, 0.25) is 0 Å². The maximum Gasteiger partial charge on any atom is 0.123 e. The summed E-state index contributed by atoms with van der Waals surface area (Å²) in [6.07, 6.45) is 1.63. The number of hydrogen-bond donors (Lipinski definition) is 1. The average Bonchev–Trinajstić information content (AvgIpc) is 2.93. The Balaban J connectivity index is 1.45. The summed E-state index contributed by atoms with van der Waals surface area (Å²) in [5, 5.41) is 9.73. The molecule has 156 valence electrons. The lowest BCUT2D eigenvalue weighted by Gasteiger charge is -2.29. The van der Waals surface area contributed by atoms with Gasteiger partial charge in [-0.1, -0.05) is 24.3 Å². The summed E-state index contributed by atoms with van der Waals surface area (Å²) in [6, 6.07) is 14.9. The zero-order chi connectivity index (χ0) is 20.1. The van der Waals surface area contributed by atoms with Crippen LogP contribution in [0.3, 0.4) is 0 Å². The second-order valence-corrected chi connectivity index (χ2v) is 8.05. The Morgan fingerprint density at radius 1 is 1.03 bits per heavy atom. The molecule has 5 nitrogen and oxygen atoms in total. The summed E-state index contributed by atoms with van der Waals surface area (Å²) in [7, 11) is 0. The molecular formula is C24H32N2O3. The normalized spacial score (nSPS) is 18.7. The number of nitrogens with zero attached hydrogens (tertiary/aromatic N) is 2. The van der Waals surface area contributed by atoms with E-state index in [1.807, 2.05) is 13.0 Å². The molecule has 0 unspecified atom stereocenters. The molecule has 2 heterocycles. The van der Waals surface area contributed by atoms with Crippen molar-refractivity contribution >= 4 is 0 Å². The van der Waals surface area contributed by atoms with Crippen molar-refractivity contribution in [1.82, 2.24) is 9.80 Å². The molecule has 0 spiro atoms. The standard InChI is InChI=1S/C24H32N2O3/c1-2-28-23-6-4-3-5-20(23)17-26-13-14-29-24-8-7-19(15-21(24)18-26)16-25-11-9-22(27)10-12-25/h3-8,15,22,27H,2,9-14,16-18H2,1H3. The molecule has 0 amide bonds. The number of para-hydroxylation sites is 1. The molecule has 1 N–H and O–H groups in total. The first-order chi connectivity index (χ1) is 14.2. The number of ether oxygens (including phenoxy) is 2. The van der Waals surface area contributed by atoms with Gasteiger partial charge in [0.25, 0.3) is 0 Å². The molecule has 0 aromatic heterocycles. The van der Waals surface area contributed by atoms with E-state index in [1.54, 1.807) is 0 Å². The van der Waals surface area contributed by atoms with Gasteiger partial charge in [0.05, 0.1) is 12.7 Å². The second-order valence-electron chi connectivity index (χ2n) is 8.05. The Hall–Kier alpha value is -2.08. The lowest BCUT2D eigenvalue weighted by Crippen LogP contribution is -2.35.